The number of nitrogens with zero attached hydrogens (tertiary/aromatic N) is 1. The molecule has 2 N–H and O–H groups in total. The average molecular weight is 311 g/mol. The van der Waals surface area contributed by atoms with Crippen LogP contribution < -0.4 is 5.32 Å². The molecular weight excluding hydrogens is 300 g/mol. The fraction of sp³-hybridized carbons (Fsp3) is 0.154. The molecule has 0 aliphatic heterocycles. The number of anilines is 1. The van der Waals surface area contributed by atoms with E-state index in [0.29, 0.717) is 27.8 Å². The Morgan fingerprint density at radius 1 is 1.30 bits per heavy atom. The zero-order valence-corrected chi connectivity index (χ0v) is 11.9. The number of rotatable bonds is 5. The van der Waals surface area contributed by atoms with Gasteiger partial charge < -0.3 is 5.11 Å². The highest BCUT2D eigenvalue weighted by Gasteiger charge is 2.09. The summed E-state index contributed by atoms with van der Waals surface area (Å²) in [5.41, 5.74) is 1.14. The first-order valence-electron chi connectivity index (χ1n) is 5.78. The van der Waals surface area contributed by atoms with E-state index >= 15 is 0 Å². The number of hydrogen-bond donors (Lipinski definition) is 2. The van der Waals surface area contributed by atoms with Crippen LogP contribution >= 0.6 is 22.9 Å². The van der Waals surface area contributed by atoms with Crippen molar-refractivity contribution in [2.24, 2.45) is 0 Å². The van der Waals surface area contributed by atoms with E-state index in [1.54, 1.807) is 29.6 Å². The molecule has 0 radical (unpaired) electrons. The molecule has 2 rings (SSSR count). The molecule has 1 amide bonds. The van der Waals surface area contributed by atoms with E-state index in [1.807, 2.05) is 0 Å². The van der Waals surface area contributed by atoms with Crippen molar-refractivity contribution < 1.29 is 14.7 Å². The molecule has 0 spiro atoms. The van der Waals surface area contributed by atoms with Gasteiger partial charge in [0.15, 0.2) is 5.13 Å². The van der Waals surface area contributed by atoms with Gasteiger partial charge in [0.1, 0.15) is 0 Å². The lowest BCUT2D eigenvalue weighted by Gasteiger charge is -2.01. The van der Waals surface area contributed by atoms with Gasteiger partial charge in [0.25, 0.3) is 5.91 Å². The highest BCUT2D eigenvalue weighted by atomic mass is 35.5. The molecule has 2 aromatic rings. The number of halogens is 1. The number of nitrogens with one attached hydrogen (secondary N) is 1. The third kappa shape index (κ3) is 4.04. The largest absolute Gasteiger partial charge is 0.481 e. The zero-order valence-electron chi connectivity index (χ0n) is 10.3. The molecule has 0 aliphatic rings. The summed E-state index contributed by atoms with van der Waals surface area (Å²) in [6.45, 7) is 0. The van der Waals surface area contributed by atoms with Gasteiger partial charge >= 0.3 is 5.97 Å². The molecule has 0 unspecified atom stereocenters. The Hall–Kier alpha value is -1.92. The number of carboxylic acid groups (broad SMARTS) is 1. The smallest absolute Gasteiger partial charge is 0.303 e. The fourth-order valence-electron chi connectivity index (χ4n) is 1.48. The lowest BCUT2D eigenvalue weighted by molar-refractivity contribution is -0.136. The van der Waals surface area contributed by atoms with Crippen LogP contribution in [0, 0.1) is 0 Å². The third-order valence-corrected chi connectivity index (χ3v) is 3.53. The molecule has 0 saturated heterocycles. The van der Waals surface area contributed by atoms with Crippen molar-refractivity contribution in [1.82, 2.24) is 4.98 Å². The summed E-state index contributed by atoms with van der Waals surface area (Å²) in [6, 6.07) is 6.51. The maximum absolute atomic E-state index is 11.9. The molecule has 1 aromatic heterocycles. The number of aromatic nitrogens is 1. The van der Waals surface area contributed by atoms with Crippen molar-refractivity contribution in [2.75, 3.05) is 5.32 Å². The average Bonchev–Trinajstić information content (AvgIpc) is 2.84. The van der Waals surface area contributed by atoms with Crippen LogP contribution in [-0.2, 0) is 11.2 Å². The van der Waals surface area contributed by atoms with E-state index in [4.69, 9.17) is 16.7 Å². The predicted molar refractivity (Wildman–Crippen MR) is 77.5 cm³/mol. The van der Waals surface area contributed by atoms with Crippen LogP contribution in [0.25, 0.3) is 0 Å². The van der Waals surface area contributed by atoms with E-state index in [2.05, 4.69) is 10.3 Å². The summed E-state index contributed by atoms with van der Waals surface area (Å²) in [7, 11) is 0. The summed E-state index contributed by atoms with van der Waals surface area (Å²) < 4.78 is 0. The molecule has 20 heavy (non-hydrogen) atoms. The van der Waals surface area contributed by atoms with Gasteiger partial charge in [0.2, 0.25) is 0 Å². The van der Waals surface area contributed by atoms with Gasteiger partial charge in [-0.1, -0.05) is 11.6 Å². The Kier molecular flexibility index (Phi) is 4.70. The summed E-state index contributed by atoms with van der Waals surface area (Å²) >= 11 is 7.02. The molecule has 0 bridgehead atoms. The van der Waals surface area contributed by atoms with Gasteiger partial charge in [-0.2, -0.15) is 0 Å². The minimum absolute atomic E-state index is 0.0221. The highest BCUT2D eigenvalue weighted by Crippen LogP contribution is 2.18. The second-order valence-electron chi connectivity index (χ2n) is 4.00. The second kappa shape index (κ2) is 6.49. The number of carbonyl (C=O) groups excluding carboxylic acids is 1. The van der Waals surface area contributed by atoms with Gasteiger partial charge in [-0.3, -0.25) is 14.9 Å². The van der Waals surface area contributed by atoms with Crippen molar-refractivity contribution in [3.05, 3.63) is 45.9 Å². The number of aryl methyl sites for hydroxylation is 1. The van der Waals surface area contributed by atoms with E-state index in [9.17, 15) is 9.59 Å². The lowest BCUT2D eigenvalue weighted by atomic mass is 10.2. The number of aliphatic carboxylic acids is 1. The molecule has 1 heterocycles. The minimum Gasteiger partial charge on any atom is -0.481 e. The first-order chi connectivity index (χ1) is 9.54. The SMILES string of the molecule is O=C(O)CCc1csc(NC(=O)c2ccc(Cl)cc2)n1. The van der Waals surface area contributed by atoms with E-state index in [1.165, 1.54) is 11.3 Å². The number of thiazole rings is 1. The van der Waals surface area contributed by atoms with Crippen LogP contribution in [0.2, 0.25) is 5.02 Å². The molecule has 5 nitrogen and oxygen atoms in total. The summed E-state index contributed by atoms with van der Waals surface area (Å²) in [4.78, 5) is 26.5. The molecule has 1 aromatic carbocycles. The monoisotopic (exact) mass is 310 g/mol. The van der Waals surface area contributed by atoms with Crippen molar-refractivity contribution in [1.29, 1.82) is 0 Å². The predicted octanol–water partition coefficient (Wildman–Crippen LogP) is 3.07. The fourth-order valence-corrected chi connectivity index (χ4v) is 2.35. The Morgan fingerprint density at radius 2 is 2.00 bits per heavy atom. The molecule has 0 saturated carbocycles. The molecule has 0 aliphatic carbocycles. The molecule has 0 atom stereocenters. The lowest BCUT2D eigenvalue weighted by Crippen LogP contribution is -2.11. The van der Waals surface area contributed by atoms with Crippen LogP contribution in [0.5, 0.6) is 0 Å². The maximum atomic E-state index is 11.9. The van der Waals surface area contributed by atoms with E-state index in [-0.39, 0.29) is 12.3 Å². The minimum atomic E-state index is -0.871. The Labute approximate surface area is 124 Å². The number of hydrogen-bond acceptors (Lipinski definition) is 4. The Morgan fingerprint density at radius 3 is 2.65 bits per heavy atom. The summed E-state index contributed by atoms with van der Waals surface area (Å²) in [6.07, 6.45) is 0.372. The number of carboxylic acids is 1. The molecule has 0 fully saturated rings. The summed E-state index contributed by atoms with van der Waals surface area (Å²) in [5.74, 6) is -1.15. The molecule has 7 heteroatoms. The third-order valence-electron chi connectivity index (χ3n) is 2.47. The molecule has 104 valence electrons. The highest BCUT2D eigenvalue weighted by molar-refractivity contribution is 7.14. The maximum Gasteiger partial charge on any atom is 0.303 e. The van der Waals surface area contributed by atoms with Crippen molar-refractivity contribution in [3.8, 4) is 0 Å². The van der Waals surface area contributed by atoms with Gasteiger partial charge in [-0.15, -0.1) is 11.3 Å². The van der Waals surface area contributed by atoms with Crippen molar-refractivity contribution in [3.63, 3.8) is 0 Å². The van der Waals surface area contributed by atoms with Gasteiger partial charge in [0, 0.05) is 22.4 Å². The van der Waals surface area contributed by atoms with E-state index < -0.39 is 5.97 Å². The zero-order chi connectivity index (χ0) is 14.5. The quantitative estimate of drug-likeness (QED) is 0.889. The first-order valence-corrected chi connectivity index (χ1v) is 7.03. The van der Waals surface area contributed by atoms with Gasteiger partial charge in [0.05, 0.1) is 12.1 Å². The van der Waals surface area contributed by atoms with E-state index in [0.717, 1.165) is 0 Å². The normalized spacial score (nSPS) is 10.2. The topological polar surface area (TPSA) is 79.3 Å². The van der Waals surface area contributed by atoms with Crippen LogP contribution in [0.15, 0.2) is 29.6 Å². The number of benzene rings is 1. The van der Waals surface area contributed by atoms with Crippen molar-refractivity contribution in [2.45, 2.75) is 12.8 Å². The van der Waals surface area contributed by atoms with Crippen LogP contribution in [0.4, 0.5) is 5.13 Å². The summed E-state index contributed by atoms with van der Waals surface area (Å²) in [5, 5.41) is 14.0. The van der Waals surface area contributed by atoms with Crippen LogP contribution in [0.1, 0.15) is 22.5 Å². The Balaban J connectivity index is 1.97. The first kappa shape index (κ1) is 14.5. The molecular formula is C13H11ClN2O3S. The Bertz CT molecular complexity index is 625. The van der Waals surface area contributed by atoms with Gasteiger partial charge in [-0.25, -0.2) is 4.98 Å². The standard InChI is InChI=1S/C13H11ClN2O3S/c14-9-3-1-8(2-4-9)12(19)16-13-15-10(7-20-13)5-6-11(17)18/h1-4,7H,5-6H2,(H,17,18)(H,15,16,19). The van der Waals surface area contributed by atoms with Crippen LogP contribution in [-0.4, -0.2) is 22.0 Å². The second-order valence-corrected chi connectivity index (χ2v) is 5.29. The van der Waals surface area contributed by atoms with Gasteiger partial charge in [-0.05, 0) is 24.3 Å². The van der Waals surface area contributed by atoms with Crippen molar-refractivity contribution >= 4 is 39.9 Å². The van der Waals surface area contributed by atoms with Crippen LogP contribution in [0.3, 0.4) is 0 Å². The number of carbonyl (C=O) groups is 2. The number of amides is 1.